The Balaban J connectivity index is 2.00. The van der Waals surface area contributed by atoms with Crippen LogP contribution in [0.1, 0.15) is 25.8 Å². The second-order valence-corrected chi connectivity index (χ2v) is 5.16. The number of amides is 1. The van der Waals surface area contributed by atoms with Gasteiger partial charge in [0, 0.05) is 51.4 Å². The van der Waals surface area contributed by atoms with Gasteiger partial charge in [0.2, 0.25) is 5.91 Å². The summed E-state index contributed by atoms with van der Waals surface area (Å²) in [6, 6.07) is 4.11. The molecule has 1 aliphatic heterocycles. The molecule has 0 aliphatic carbocycles. The van der Waals surface area contributed by atoms with E-state index < -0.39 is 0 Å². The third-order valence-corrected chi connectivity index (χ3v) is 3.63. The molecular formula is C15H24N4O. The minimum absolute atomic E-state index is 0.163. The van der Waals surface area contributed by atoms with Crippen molar-refractivity contribution in [3.63, 3.8) is 0 Å². The number of pyridine rings is 1. The Morgan fingerprint density at radius 2 is 2.10 bits per heavy atom. The van der Waals surface area contributed by atoms with Crippen LogP contribution < -0.4 is 10.2 Å². The van der Waals surface area contributed by atoms with E-state index in [4.69, 9.17) is 0 Å². The van der Waals surface area contributed by atoms with Gasteiger partial charge in [0.1, 0.15) is 5.82 Å². The Morgan fingerprint density at radius 1 is 1.35 bits per heavy atom. The van der Waals surface area contributed by atoms with Crippen LogP contribution >= 0.6 is 0 Å². The summed E-state index contributed by atoms with van der Waals surface area (Å²) >= 11 is 0. The number of carbonyl (C=O) groups is 1. The van der Waals surface area contributed by atoms with Crippen molar-refractivity contribution in [3.8, 4) is 0 Å². The molecule has 20 heavy (non-hydrogen) atoms. The number of nitrogens with zero attached hydrogens (tertiary/aromatic N) is 3. The molecule has 0 radical (unpaired) electrons. The molecule has 5 heteroatoms. The van der Waals surface area contributed by atoms with Gasteiger partial charge in [-0.05, 0) is 19.0 Å². The molecular weight excluding hydrogens is 252 g/mol. The molecule has 1 fully saturated rings. The number of rotatable bonds is 5. The molecule has 0 unspecified atom stereocenters. The molecule has 5 nitrogen and oxygen atoms in total. The summed E-state index contributed by atoms with van der Waals surface area (Å²) in [6.07, 6.45) is 2.98. The molecule has 1 aromatic rings. The van der Waals surface area contributed by atoms with E-state index in [1.807, 2.05) is 17.2 Å². The molecule has 1 aromatic heterocycles. The molecule has 0 bridgehead atoms. The van der Waals surface area contributed by atoms with E-state index in [0.29, 0.717) is 0 Å². The van der Waals surface area contributed by atoms with Gasteiger partial charge in [-0.25, -0.2) is 4.98 Å². The standard InChI is InChI=1S/C15H24N4O/c1-3-6-16-12-14-5-4-7-17-15(14)19-10-8-18(9-11-19)13(2)20/h4-5,7,16H,3,6,8-12H2,1-2H3. The van der Waals surface area contributed by atoms with Crippen LogP contribution in [0.4, 0.5) is 5.82 Å². The van der Waals surface area contributed by atoms with Crippen LogP contribution in [-0.2, 0) is 11.3 Å². The second kappa shape index (κ2) is 7.24. The quantitative estimate of drug-likeness (QED) is 0.822. The maximum atomic E-state index is 11.4. The Bertz CT molecular complexity index is 441. The number of aromatic nitrogens is 1. The van der Waals surface area contributed by atoms with E-state index in [9.17, 15) is 4.79 Å². The minimum atomic E-state index is 0.163. The van der Waals surface area contributed by atoms with Crippen molar-refractivity contribution in [2.45, 2.75) is 26.8 Å². The normalized spacial score (nSPS) is 15.5. The molecule has 0 aromatic carbocycles. The SMILES string of the molecule is CCCNCc1cccnc1N1CCN(C(C)=O)CC1. The Hall–Kier alpha value is -1.62. The highest BCUT2D eigenvalue weighted by molar-refractivity contribution is 5.73. The summed E-state index contributed by atoms with van der Waals surface area (Å²) in [7, 11) is 0. The third-order valence-electron chi connectivity index (χ3n) is 3.63. The number of nitrogens with one attached hydrogen (secondary N) is 1. The lowest BCUT2D eigenvalue weighted by atomic mass is 10.2. The molecule has 2 heterocycles. The summed E-state index contributed by atoms with van der Waals surface area (Å²) in [4.78, 5) is 20.1. The van der Waals surface area contributed by atoms with E-state index >= 15 is 0 Å². The van der Waals surface area contributed by atoms with Gasteiger partial charge in [-0.3, -0.25) is 4.79 Å². The first-order valence-electron chi connectivity index (χ1n) is 7.37. The smallest absolute Gasteiger partial charge is 0.219 e. The summed E-state index contributed by atoms with van der Waals surface area (Å²) < 4.78 is 0. The van der Waals surface area contributed by atoms with E-state index in [-0.39, 0.29) is 5.91 Å². The zero-order valence-electron chi connectivity index (χ0n) is 12.4. The first kappa shape index (κ1) is 14.8. The topological polar surface area (TPSA) is 48.5 Å². The van der Waals surface area contributed by atoms with E-state index in [1.54, 1.807) is 6.92 Å². The highest BCUT2D eigenvalue weighted by atomic mass is 16.2. The fourth-order valence-corrected chi connectivity index (χ4v) is 2.49. The lowest BCUT2D eigenvalue weighted by molar-refractivity contribution is -0.129. The number of hydrogen-bond acceptors (Lipinski definition) is 4. The van der Waals surface area contributed by atoms with Crippen molar-refractivity contribution < 1.29 is 4.79 Å². The Kier molecular flexibility index (Phi) is 5.35. The van der Waals surface area contributed by atoms with Gasteiger partial charge >= 0.3 is 0 Å². The van der Waals surface area contributed by atoms with Crippen LogP contribution in [0.3, 0.4) is 0 Å². The van der Waals surface area contributed by atoms with Crippen LogP contribution in [-0.4, -0.2) is 48.5 Å². The largest absolute Gasteiger partial charge is 0.353 e. The molecule has 0 saturated carbocycles. The summed E-state index contributed by atoms with van der Waals surface area (Å²) in [6.45, 7) is 8.96. The number of piperazine rings is 1. The van der Waals surface area contributed by atoms with Crippen LogP contribution in [0.25, 0.3) is 0 Å². The maximum absolute atomic E-state index is 11.4. The van der Waals surface area contributed by atoms with Gasteiger partial charge in [-0.2, -0.15) is 0 Å². The summed E-state index contributed by atoms with van der Waals surface area (Å²) in [5.41, 5.74) is 1.23. The highest BCUT2D eigenvalue weighted by Crippen LogP contribution is 2.18. The van der Waals surface area contributed by atoms with Gasteiger partial charge < -0.3 is 15.1 Å². The molecule has 1 amide bonds. The predicted molar refractivity (Wildman–Crippen MR) is 80.7 cm³/mol. The highest BCUT2D eigenvalue weighted by Gasteiger charge is 2.20. The lowest BCUT2D eigenvalue weighted by Gasteiger charge is -2.35. The number of carbonyl (C=O) groups excluding carboxylic acids is 1. The molecule has 110 valence electrons. The van der Waals surface area contributed by atoms with E-state index in [2.05, 4.69) is 28.2 Å². The number of anilines is 1. The minimum Gasteiger partial charge on any atom is -0.353 e. The van der Waals surface area contributed by atoms with Crippen molar-refractivity contribution in [2.75, 3.05) is 37.6 Å². The Labute approximate surface area is 121 Å². The molecule has 1 N–H and O–H groups in total. The fraction of sp³-hybridized carbons (Fsp3) is 0.600. The van der Waals surface area contributed by atoms with Crippen molar-refractivity contribution in [1.82, 2.24) is 15.2 Å². The van der Waals surface area contributed by atoms with E-state index in [1.165, 1.54) is 5.56 Å². The van der Waals surface area contributed by atoms with Crippen LogP contribution in [0.5, 0.6) is 0 Å². The van der Waals surface area contributed by atoms with Gasteiger partial charge in [-0.1, -0.05) is 13.0 Å². The first-order valence-corrected chi connectivity index (χ1v) is 7.37. The van der Waals surface area contributed by atoms with Gasteiger partial charge in [0.15, 0.2) is 0 Å². The van der Waals surface area contributed by atoms with Gasteiger partial charge in [-0.15, -0.1) is 0 Å². The zero-order chi connectivity index (χ0) is 14.4. The Morgan fingerprint density at radius 3 is 2.75 bits per heavy atom. The predicted octanol–water partition coefficient (Wildman–Crippen LogP) is 1.25. The van der Waals surface area contributed by atoms with E-state index in [0.717, 1.165) is 51.5 Å². The monoisotopic (exact) mass is 276 g/mol. The summed E-state index contributed by atoms with van der Waals surface area (Å²) in [5.74, 6) is 1.22. The average Bonchev–Trinajstić information content (AvgIpc) is 2.48. The van der Waals surface area contributed by atoms with Crippen LogP contribution in [0.15, 0.2) is 18.3 Å². The summed E-state index contributed by atoms with van der Waals surface area (Å²) in [5, 5.41) is 3.43. The lowest BCUT2D eigenvalue weighted by Crippen LogP contribution is -2.48. The van der Waals surface area contributed by atoms with Crippen molar-refractivity contribution in [1.29, 1.82) is 0 Å². The molecule has 0 atom stereocenters. The van der Waals surface area contributed by atoms with Crippen molar-refractivity contribution >= 4 is 11.7 Å². The second-order valence-electron chi connectivity index (χ2n) is 5.16. The molecule has 2 rings (SSSR count). The van der Waals surface area contributed by atoms with Crippen molar-refractivity contribution in [2.24, 2.45) is 0 Å². The van der Waals surface area contributed by atoms with Gasteiger partial charge in [0.25, 0.3) is 0 Å². The van der Waals surface area contributed by atoms with Crippen LogP contribution in [0.2, 0.25) is 0 Å². The van der Waals surface area contributed by atoms with Crippen molar-refractivity contribution in [3.05, 3.63) is 23.9 Å². The van der Waals surface area contributed by atoms with Gasteiger partial charge in [0.05, 0.1) is 0 Å². The molecule has 1 saturated heterocycles. The van der Waals surface area contributed by atoms with Crippen LogP contribution in [0, 0.1) is 0 Å². The fourth-order valence-electron chi connectivity index (χ4n) is 2.49. The molecule has 0 spiro atoms. The average molecular weight is 276 g/mol. The zero-order valence-corrected chi connectivity index (χ0v) is 12.4. The third kappa shape index (κ3) is 3.70. The maximum Gasteiger partial charge on any atom is 0.219 e. The first-order chi connectivity index (χ1) is 9.72. The molecule has 1 aliphatic rings. The number of hydrogen-bond donors (Lipinski definition) is 1.